The van der Waals surface area contributed by atoms with Crippen molar-refractivity contribution in [3.05, 3.63) is 12.2 Å². The van der Waals surface area contributed by atoms with E-state index in [1.807, 2.05) is 0 Å². The Kier molecular flexibility index (Phi) is 16.4. The van der Waals surface area contributed by atoms with Crippen LogP contribution >= 0.6 is 23.2 Å². The molecule has 4 nitrogen and oxygen atoms in total. The Bertz CT molecular complexity index is 275. The molecule has 0 aromatic rings. The Morgan fingerprint density at radius 2 is 1.05 bits per heavy atom. The Hall–Kier alpha value is 0.740. The van der Waals surface area contributed by atoms with Gasteiger partial charge in [-0.25, -0.2) is 0 Å². The van der Waals surface area contributed by atoms with Crippen LogP contribution in [0.4, 0.5) is 0 Å². The van der Waals surface area contributed by atoms with Crippen LogP contribution in [0.25, 0.3) is 0 Å². The molecule has 0 aromatic carbocycles. The molecule has 8 heteroatoms. The van der Waals surface area contributed by atoms with Crippen LogP contribution in [0.2, 0.25) is 0 Å². The molecule has 2 unspecified atom stereocenters. The van der Waals surface area contributed by atoms with Crippen molar-refractivity contribution in [2.24, 2.45) is 0 Å². The van der Waals surface area contributed by atoms with Crippen molar-refractivity contribution >= 4 is 23.2 Å². The van der Waals surface area contributed by atoms with Gasteiger partial charge in [0, 0.05) is 0 Å². The summed E-state index contributed by atoms with van der Waals surface area (Å²) in [6.07, 6.45) is 3.31. The van der Waals surface area contributed by atoms with Crippen molar-refractivity contribution in [3.8, 4) is 0 Å². The Morgan fingerprint density at radius 1 is 0.773 bits per heavy atom. The maximum absolute atomic E-state index is 9.59. The van der Waals surface area contributed by atoms with Gasteiger partial charge in [0.15, 0.2) is 0 Å². The van der Waals surface area contributed by atoms with Crippen molar-refractivity contribution < 1.29 is 44.0 Å². The minimum absolute atomic E-state index is 0. The van der Waals surface area contributed by atoms with Crippen LogP contribution in [0.3, 0.4) is 0 Å². The molecule has 0 aliphatic carbocycles. The van der Waals surface area contributed by atoms with Crippen LogP contribution < -0.4 is 24.8 Å². The molecule has 0 spiro atoms. The third kappa shape index (κ3) is 14.3. The molecular formula is C14H30Cl4N2O2. The molecule has 2 atom stereocenters. The molecule has 22 heavy (non-hydrogen) atoms. The van der Waals surface area contributed by atoms with E-state index in [4.69, 9.17) is 23.2 Å². The van der Waals surface area contributed by atoms with Gasteiger partial charge in [0.2, 0.25) is 0 Å². The lowest BCUT2D eigenvalue weighted by atomic mass is 10.3. The molecule has 136 valence electrons. The number of nitrogens with zero attached hydrogens (tertiary/aromatic N) is 2. The molecule has 0 aliphatic rings. The quantitative estimate of drug-likeness (QED) is 0.219. The second-order valence-electron chi connectivity index (χ2n) is 6.69. The fourth-order valence-corrected chi connectivity index (χ4v) is 2.30. The fraction of sp³-hybridized carbons (Fsp3) is 0.857. The van der Waals surface area contributed by atoms with Gasteiger partial charge in [-0.1, -0.05) is 0 Å². The number of rotatable bonds is 10. The number of quaternary nitrogens is 2. The summed E-state index contributed by atoms with van der Waals surface area (Å²) in [6.45, 7) is 2.95. The van der Waals surface area contributed by atoms with E-state index in [-0.39, 0.29) is 36.6 Å². The SMILES string of the molecule is C[N+](C)(CC=CC[N+](C)(C)CC(O)CCl)CC(O)CCl.[Cl-].[Cl-]. The fourth-order valence-electron chi connectivity index (χ4n) is 2.11. The number of aliphatic hydroxyl groups is 2. The topological polar surface area (TPSA) is 40.5 Å². The van der Waals surface area contributed by atoms with Gasteiger partial charge in [-0.2, -0.15) is 0 Å². The van der Waals surface area contributed by atoms with Gasteiger partial charge in [-0.15, -0.1) is 23.2 Å². The normalized spacial score (nSPS) is 15.1. The minimum atomic E-state index is -0.467. The summed E-state index contributed by atoms with van der Waals surface area (Å²) in [4.78, 5) is 0. The predicted molar refractivity (Wildman–Crippen MR) is 86.3 cm³/mol. The molecule has 0 amide bonds. The molecular weight excluding hydrogens is 370 g/mol. The first kappa shape index (κ1) is 27.6. The van der Waals surface area contributed by atoms with E-state index in [0.29, 0.717) is 22.1 Å². The van der Waals surface area contributed by atoms with Crippen molar-refractivity contribution in [3.63, 3.8) is 0 Å². The van der Waals surface area contributed by atoms with Gasteiger partial charge in [0.1, 0.15) is 25.3 Å². The number of hydrogen-bond acceptors (Lipinski definition) is 2. The monoisotopic (exact) mass is 398 g/mol. The average molecular weight is 400 g/mol. The summed E-state index contributed by atoms with van der Waals surface area (Å²) in [7, 11) is 8.27. The third-order valence-corrected chi connectivity index (χ3v) is 3.84. The van der Waals surface area contributed by atoms with E-state index in [9.17, 15) is 10.2 Å². The smallest absolute Gasteiger partial charge is 0.116 e. The molecule has 0 heterocycles. The number of halogens is 4. The van der Waals surface area contributed by atoms with Gasteiger partial charge in [0.25, 0.3) is 0 Å². The molecule has 0 aliphatic heterocycles. The maximum Gasteiger partial charge on any atom is 0.116 e. The predicted octanol–water partition coefficient (Wildman–Crippen LogP) is -5.10. The van der Waals surface area contributed by atoms with E-state index < -0.39 is 12.2 Å². The highest BCUT2D eigenvalue weighted by Gasteiger charge is 2.20. The summed E-state index contributed by atoms with van der Waals surface area (Å²) in [5.41, 5.74) is 0. The van der Waals surface area contributed by atoms with Gasteiger partial charge in [-0.05, 0) is 12.2 Å². The average Bonchev–Trinajstić information content (AvgIpc) is 2.33. The lowest BCUT2D eigenvalue weighted by Crippen LogP contribution is -3.00. The molecule has 0 saturated carbocycles. The first-order chi connectivity index (χ1) is 9.12. The zero-order valence-electron chi connectivity index (χ0n) is 13.9. The number of hydrogen-bond donors (Lipinski definition) is 2. The highest BCUT2D eigenvalue weighted by Crippen LogP contribution is 2.04. The van der Waals surface area contributed by atoms with Gasteiger partial charge in [0.05, 0.1) is 53.0 Å². The van der Waals surface area contributed by atoms with Crippen molar-refractivity contribution in [2.45, 2.75) is 12.2 Å². The van der Waals surface area contributed by atoms with Gasteiger partial charge < -0.3 is 44.0 Å². The third-order valence-electron chi connectivity index (χ3n) is 3.13. The molecule has 0 aromatic heterocycles. The van der Waals surface area contributed by atoms with Crippen molar-refractivity contribution in [1.29, 1.82) is 0 Å². The van der Waals surface area contributed by atoms with E-state index in [1.165, 1.54) is 0 Å². The van der Waals surface area contributed by atoms with Crippen molar-refractivity contribution in [2.75, 3.05) is 66.1 Å². The molecule has 0 fully saturated rings. The van der Waals surface area contributed by atoms with Crippen LogP contribution in [-0.4, -0.2) is 97.5 Å². The lowest BCUT2D eigenvalue weighted by Gasteiger charge is -2.31. The van der Waals surface area contributed by atoms with E-state index in [2.05, 4.69) is 40.3 Å². The first-order valence-corrected chi connectivity index (χ1v) is 7.96. The van der Waals surface area contributed by atoms with Crippen LogP contribution in [0.5, 0.6) is 0 Å². The first-order valence-electron chi connectivity index (χ1n) is 6.89. The minimum Gasteiger partial charge on any atom is -1.00 e. The second kappa shape index (κ2) is 13.1. The van der Waals surface area contributed by atoms with Gasteiger partial charge >= 0.3 is 0 Å². The lowest BCUT2D eigenvalue weighted by molar-refractivity contribution is -0.889. The van der Waals surface area contributed by atoms with Crippen LogP contribution in [0.15, 0.2) is 12.2 Å². The highest BCUT2D eigenvalue weighted by molar-refractivity contribution is 6.18. The summed E-state index contributed by atoms with van der Waals surface area (Å²) < 4.78 is 1.39. The number of aliphatic hydroxyl groups excluding tert-OH is 2. The molecule has 0 radical (unpaired) electrons. The summed E-state index contributed by atoms with van der Waals surface area (Å²) in [5, 5.41) is 19.2. The van der Waals surface area contributed by atoms with E-state index >= 15 is 0 Å². The summed E-state index contributed by atoms with van der Waals surface area (Å²) >= 11 is 11.3. The molecule has 0 rings (SSSR count). The maximum atomic E-state index is 9.59. The Labute approximate surface area is 157 Å². The second-order valence-corrected chi connectivity index (χ2v) is 7.31. The number of alkyl halides is 2. The van der Waals surface area contributed by atoms with E-state index in [1.54, 1.807) is 0 Å². The standard InChI is InChI=1S/C14H30Cl2N2O2.2ClH/c1-17(2,11-13(19)9-15)7-5-6-8-18(3,4)12-14(20)10-16;;/h5-6,13-14,19-20H,7-12H2,1-4H3;2*1H/q+2;;/p-2. The van der Waals surface area contributed by atoms with Crippen LogP contribution in [-0.2, 0) is 0 Å². The van der Waals surface area contributed by atoms with Crippen molar-refractivity contribution in [1.82, 2.24) is 0 Å². The van der Waals surface area contributed by atoms with Crippen LogP contribution in [0.1, 0.15) is 0 Å². The Morgan fingerprint density at radius 3 is 1.27 bits per heavy atom. The van der Waals surface area contributed by atoms with E-state index in [0.717, 1.165) is 13.1 Å². The molecule has 0 bridgehead atoms. The largest absolute Gasteiger partial charge is 1.00 e. The zero-order chi connectivity index (χ0) is 15.8. The highest BCUT2D eigenvalue weighted by atomic mass is 35.5. The molecule has 2 N–H and O–H groups in total. The summed E-state index contributed by atoms with van der Waals surface area (Å²) in [6, 6.07) is 0. The Balaban J connectivity index is -0.00000180. The molecule has 0 saturated heterocycles. The zero-order valence-corrected chi connectivity index (χ0v) is 16.9. The number of likely N-dealkylation sites (N-methyl/N-ethyl adjacent to an activating group) is 2. The van der Waals surface area contributed by atoms with Crippen LogP contribution in [0, 0.1) is 0 Å². The van der Waals surface area contributed by atoms with Gasteiger partial charge in [-0.3, -0.25) is 0 Å². The summed E-state index contributed by atoms with van der Waals surface area (Å²) in [5.74, 6) is 0.539.